The Morgan fingerprint density at radius 3 is 2.62 bits per heavy atom. The Balaban J connectivity index is 2.30. The van der Waals surface area contributed by atoms with Gasteiger partial charge < -0.3 is 5.73 Å². The van der Waals surface area contributed by atoms with Gasteiger partial charge >= 0.3 is 0 Å². The Morgan fingerprint density at radius 1 is 1.48 bits per heavy atom. The quantitative estimate of drug-likeness (QED) is 0.769. The second-order valence-electron chi connectivity index (χ2n) is 5.57. The van der Waals surface area contributed by atoms with E-state index in [1.165, 1.54) is 18.5 Å². The molecule has 8 heteroatoms. The Bertz CT molecular complexity index is 641. The maximum Gasteiger partial charge on any atom is 0.243 e. The SMILES string of the molecule is CC1CCC(NS(=O)(=O)c2cncc(Br)c2)(C(N)=S)CC1. The van der Waals surface area contributed by atoms with E-state index in [2.05, 4.69) is 32.6 Å². The second kappa shape index (κ2) is 6.28. The molecule has 1 aromatic rings. The summed E-state index contributed by atoms with van der Waals surface area (Å²) in [6, 6.07) is 1.51. The second-order valence-corrected chi connectivity index (χ2v) is 8.61. The van der Waals surface area contributed by atoms with E-state index in [1.807, 2.05) is 0 Å². The van der Waals surface area contributed by atoms with Crippen LogP contribution in [0, 0.1) is 5.92 Å². The summed E-state index contributed by atoms with van der Waals surface area (Å²) in [6.07, 6.45) is 5.90. The molecular formula is C13H18BrN3O2S2. The summed E-state index contributed by atoms with van der Waals surface area (Å²) in [7, 11) is -3.71. The number of nitrogens with two attached hydrogens (primary N) is 1. The monoisotopic (exact) mass is 391 g/mol. The lowest BCUT2D eigenvalue weighted by atomic mass is 9.78. The number of nitrogens with one attached hydrogen (secondary N) is 1. The summed E-state index contributed by atoms with van der Waals surface area (Å²) in [5.74, 6) is 0.560. The van der Waals surface area contributed by atoms with Crippen molar-refractivity contribution < 1.29 is 8.42 Å². The zero-order chi connectivity index (χ0) is 15.7. The van der Waals surface area contributed by atoms with Gasteiger partial charge in [-0.05, 0) is 53.6 Å². The average molecular weight is 392 g/mol. The summed E-state index contributed by atoms with van der Waals surface area (Å²) in [5, 5.41) is 0. The predicted octanol–water partition coefficient (Wildman–Crippen LogP) is 2.36. The highest BCUT2D eigenvalue weighted by molar-refractivity contribution is 9.10. The van der Waals surface area contributed by atoms with Gasteiger partial charge in [-0.3, -0.25) is 4.98 Å². The van der Waals surface area contributed by atoms with E-state index in [4.69, 9.17) is 18.0 Å². The van der Waals surface area contributed by atoms with Crippen LogP contribution < -0.4 is 10.5 Å². The molecule has 0 unspecified atom stereocenters. The third kappa shape index (κ3) is 3.80. The van der Waals surface area contributed by atoms with Crippen LogP contribution in [0.15, 0.2) is 27.8 Å². The topological polar surface area (TPSA) is 85.1 Å². The van der Waals surface area contributed by atoms with Crippen molar-refractivity contribution in [1.29, 1.82) is 0 Å². The van der Waals surface area contributed by atoms with Crippen LogP contribution in [0.25, 0.3) is 0 Å². The minimum absolute atomic E-state index is 0.103. The molecule has 1 saturated carbocycles. The minimum atomic E-state index is -3.71. The number of hydrogen-bond acceptors (Lipinski definition) is 4. The number of hydrogen-bond donors (Lipinski definition) is 2. The molecule has 0 bridgehead atoms. The Morgan fingerprint density at radius 2 is 2.10 bits per heavy atom. The smallest absolute Gasteiger partial charge is 0.243 e. The average Bonchev–Trinajstić information content (AvgIpc) is 2.41. The van der Waals surface area contributed by atoms with Crippen molar-refractivity contribution in [2.24, 2.45) is 11.7 Å². The highest BCUT2D eigenvalue weighted by atomic mass is 79.9. The lowest BCUT2D eigenvalue weighted by Crippen LogP contribution is -2.58. The molecule has 1 heterocycles. The van der Waals surface area contributed by atoms with Gasteiger partial charge in [0.2, 0.25) is 10.0 Å². The van der Waals surface area contributed by atoms with Gasteiger partial charge in [0.15, 0.2) is 0 Å². The van der Waals surface area contributed by atoms with Crippen LogP contribution in [0.5, 0.6) is 0 Å². The molecule has 1 aliphatic rings. The summed E-state index contributed by atoms with van der Waals surface area (Å²) in [4.78, 5) is 4.21. The van der Waals surface area contributed by atoms with Crippen molar-refractivity contribution in [3.8, 4) is 0 Å². The van der Waals surface area contributed by atoms with E-state index in [0.29, 0.717) is 23.2 Å². The predicted molar refractivity (Wildman–Crippen MR) is 89.4 cm³/mol. The minimum Gasteiger partial charge on any atom is -0.392 e. The molecule has 0 atom stereocenters. The maximum atomic E-state index is 12.6. The van der Waals surface area contributed by atoms with E-state index in [-0.39, 0.29) is 9.88 Å². The van der Waals surface area contributed by atoms with E-state index in [9.17, 15) is 8.42 Å². The fourth-order valence-corrected chi connectivity index (χ4v) is 4.77. The molecule has 0 saturated heterocycles. The first-order valence-electron chi connectivity index (χ1n) is 6.70. The van der Waals surface area contributed by atoms with Crippen LogP contribution in [-0.4, -0.2) is 23.9 Å². The van der Waals surface area contributed by atoms with Gasteiger partial charge in [0, 0.05) is 16.9 Å². The fourth-order valence-electron chi connectivity index (χ4n) is 2.51. The van der Waals surface area contributed by atoms with Crippen LogP contribution in [0.2, 0.25) is 0 Å². The molecule has 1 aromatic heterocycles. The lowest BCUT2D eigenvalue weighted by molar-refractivity contribution is 0.289. The zero-order valence-corrected chi connectivity index (χ0v) is 14.9. The van der Waals surface area contributed by atoms with Gasteiger partial charge in [-0.2, -0.15) is 4.72 Å². The molecule has 0 amide bonds. The van der Waals surface area contributed by atoms with Crippen molar-refractivity contribution in [2.45, 2.75) is 43.0 Å². The fraction of sp³-hybridized carbons (Fsp3) is 0.538. The van der Waals surface area contributed by atoms with Crippen LogP contribution in [0.3, 0.4) is 0 Å². The van der Waals surface area contributed by atoms with Gasteiger partial charge in [-0.15, -0.1) is 0 Å². The molecule has 21 heavy (non-hydrogen) atoms. The number of pyridine rings is 1. The highest BCUT2D eigenvalue weighted by Crippen LogP contribution is 2.33. The van der Waals surface area contributed by atoms with Gasteiger partial charge in [0.1, 0.15) is 4.90 Å². The summed E-state index contributed by atoms with van der Waals surface area (Å²) >= 11 is 8.36. The van der Waals surface area contributed by atoms with E-state index < -0.39 is 15.6 Å². The Kier molecular flexibility index (Phi) is 5.02. The van der Waals surface area contributed by atoms with Crippen molar-refractivity contribution in [2.75, 3.05) is 0 Å². The van der Waals surface area contributed by atoms with Crippen molar-refractivity contribution in [3.05, 3.63) is 22.9 Å². The molecular weight excluding hydrogens is 374 g/mol. The molecule has 2 rings (SSSR count). The van der Waals surface area contributed by atoms with E-state index in [0.717, 1.165) is 12.8 Å². The van der Waals surface area contributed by atoms with E-state index >= 15 is 0 Å². The molecule has 0 aliphatic heterocycles. The van der Waals surface area contributed by atoms with Gasteiger partial charge in [0.25, 0.3) is 0 Å². The highest BCUT2D eigenvalue weighted by Gasteiger charge is 2.40. The number of nitrogens with zero attached hydrogens (tertiary/aromatic N) is 1. The maximum absolute atomic E-state index is 12.6. The lowest BCUT2D eigenvalue weighted by Gasteiger charge is -2.38. The number of thiocarbonyl (C=S) groups is 1. The standard InChI is InChI=1S/C13H18BrN3O2S2/c1-9-2-4-13(5-3-9,12(15)20)17-21(18,19)11-6-10(14)7-16-8-11/h6-9,17H,2-5H2,1H3,(H2,15,20). The third-order valence-electron chi connectivity index (χ3n) is 3.92. The van der Waals surface area contributed by atoms with Crippen LogP contribution in [0.1, 0.15) is 32.6 Å². The first kappa shape index (κ1) is 16.8. The Hall–Kier alpha value is -0.570. The Labute approximate surface area is 138 Å². The number of halogens is 1. The molecule has 1 aliphatic carbocycles. The summed E-state index contributed by atoms with van der Waals surface area (Å²) in [6.45, 7) is 2.15. The van der Waals surface area contributed by atoms with Crippen LogP contribution in [0.4, 0.5) is 0 Å². The first-order valence-corrected chi connectivity index (χ1v) is 9.38. The van der Waals surface area contributed by atoms with Crippen molar-refractivity contribution >= 4 is 43.2 Å². The van der Waals surface area contributed by atoms with Crippen LogP contribution >= 0.6 is 28.1 Å². The summed E-state index contributed by atoms with van der Waals surface area (Å²) < 4.78 is 28.4. The number of rotatable bonds is 4. The van der Waals surface area contributed by atoms with Crippen molar-refractivity contribution in [1.82, 2.24) is 9.71 Å². The molecule has 1 fully saturated rings. The molecule has 0 aromatic carbocycles. The number of aromatic nitrogens is 1. The van der Waals surface area contributed by atoms with Gasteiger partial charge in [-0.1, -0.05) is 19.1 Å². The molecule has 5 nitrogen and oxygen atoms in total. The zero-order valence-electron chi connectivity index (χ0n) is 11.7. The normalized spacial score (nSPS) is 26.5. The largest absolute Gasteiger partial charge is 0.392 e. The van der Waals surface area contributed by atoms with Gasteiger partial charge in [-0.25, -0.2) is 8.42 Å². The first-order chi connectivity index (χ1) is 9.75. The summed E-state index contributed by atoms with van der Waals surface area (Å²) in [5.41, 5.74) is 5.01. The van der Waals surface area contributed by atoms with Crippen molar-refractivity contribution in [3.63, 3.8) is 0 Å². The van der Waals surface area contributed by atoms with Gasteiger partial charge in [0.05, 0.1) is 10.5 Å². The molecule has 3 N–H and O–H groups in total. The molecule has 116 valence electrons. The number of sulfonamides is 1. The molecule has 0 radical (unpaired) electrons. The van der Waals surface area contributed by atoms with E-state index in [1.54, 1.807) is 0 Å². The van der Waals surface area contributed by atoms with Crippen LogP contribution in [-0.2, 0) is 10.0 Å². The molecule has 0 spiro atoms. The third-order valence-corrected chi connectivity index (χ3v) is 6.25.